The number of aliphatic carboxylic acids is 1. The average Bonchev–Trinajstić information content (AvgIpc) is 2.77. The van der Waals surface area contributed by atoms with Crippen LogP contribution in [0, 0.1) is 5.41 Å². The Morgan fingerprint density at radius 1 is 1.67 bits per heavy atom. The van der Waals surface area contributed by atoms with Gasteiger partial charge < -0.3 is 9.84 Å². The Balaban J connectivity index is 2.17. The molecule has 2 heterocycles. The van der Waals surface area contributed by atoms with Crippen molar-refractivity contribution in [3.63, 3.8) is 0 Å². The molecule has 3 nitrogen and oxygen atoms in total. The summed E-state index contributed by atoms with van der Waals surface area (Å²) in [6.45, 7) is 0.837. The summed E-state index contributed by atoms with van der Waals surface area (Å²) in [7, 11) is 0. The topological polar surface area (TPSA) is 46.5 Å². The van der Waals surface area contributed by atoms with Crippen LogP contribution in [-0.4, -0.2) is 24.3 Å². The molecule has 1 atom stereocenters. The minimum atomic E-state index is -0.774. The van der Waals surface area contributed by atoms with Crippen LogP contribution < -0.4 is 0 Å². The minimum Gasteiger partial charge on any atom is -0.481 e. The predicted molar refractivity (Wildman–Crippen MR) is 58.5 cm³/mol. The number of rotatable bonds is 3. The van der Waals surface area contributed by atoms with Crippen LogP contribution in [0.25, 0.3) is 0 Å². The van der Waals surface area contributed by atoms with E-state index < -0.39 is 11.4 Å². The largest absolute Gasteiger partial charge is 0.481 e. The molecule has 1 N–H and O–H groups in total. The molecule has 2 rings (SSSR count). The first-order valence-electron chi connectivity index (χ1n) is 4.68. The Morgan fingerprint density at radius 2 is 2.47 bits per heavy atom. The first-order valence-corrected chi connectivity index (χ1v) is 5.87. The first-order chi connectivity index (χ1) is 7.12. The van der Waals surface area contributed by atoms with Gasteiger partial charge in [-0.05, 0) is 18.6 Å². The number of carboxylic acid groups (broad SMARTS) is 1. The number of halogens is 1. The molecule has 5 heteroatoms. The second-order valence-electron chi connectivity index (χ2n) is 3.77. The van der Waals surface area contributed by atoms with E-state index in [0.717, 1.165) is 4.88 Å². The van der Waals surface area contributed by atoms with Crippen LogP contribution in [0.5, 0.6) is 0 Å². The highest BCUT2D eigenvalue weighted by Gasteiger charge is 2.42. The van der Waals surface area contributed by atoms with Crippen LogP contribution in [0.1, 0.15) is 11.3 Å². The maximum absolute atomic E-state index is 11.2. The predicted octanol–water partition coefficient (Wildman–Crippen LogP) is 2.44. The maximum Gasteiger partial charge on any atom is 0.312 e. The van der Waals surface area contributed by atoms with E-state index in [1.165, 1.54) is 11.3 Å². The molecule has 0 bridgehead atoms. The van der Waals surface area contributed by atoms with Crippen LogP contribution in [0.3, 0.4) is 0 Å². The zero-order valence-corrected chi connectivity index (χ0v) is 9.61. The summed E-state index contributed by atoms with van der Waals surface area (Å²) < 4.78 is 5.89. The van der Waals surface area contributed by atoms with Gasteiger partial charge in [-0.25, -0.2) is 0 Å². The number of thiophene rings is 1. The molecule has 1 unspecified atom stereocenters. The van der Waals surface area contributed by atoms with Crippen LogP contribution in [0.4, 0.5) is 0 Å². The third-order valence-electron chi connectivity index (χ3n) is 2.70. The Labute approximate surface area is 96.6 Å². The quantitative estimate of drug-likeness (QED) is 0.891. The molecule has 0 amide bonds. The molecule has 1 aliphatic rings. The van der Waals surface area contributed by atoms with Gasteiger partial charge in [0, 0.05) is 17.9 Å². The van der Waals surface area contributed by atoms with Gasteiger partial charge >= 0.3 is 5.97 Å². The summed E-state index contributed by atoms with van der Waals surface area (Å²) >= 11 is 7.25. The molecule has 1 aromatic heterocycles. The summed E-state index contributed by atoms with van der Waals surface area (Å²) in [4.78, 5) is 12.2. The van der Waals surface area contributed by atoms with Crippen molar-refractivity contribution in [1.82, 2.24) is 0 Å². The molecule has 1 fully saturated rings. The Hall–Kier alpha value is -0.580. The smallest absolute Gasteiger partial charge is 0.312 e. The molecule has 0 aromatic carbocycles. The Bertz CT molecular complexity index is 368. The van der Waals surface area contributed by atoms with E-state index in [1.807, 2.05) is 6.07 Å². The molecule has 82 valence electrons. The first kappa shape index (κ1) is 10.9. The zero-order chi connectivity index (χ0) is 10.9. The maximum atomic E-state index is 11.2. The van der Waals surface area contributed by atoms with E-state index in [4.69, 9.17) is 16.3 Å². The molecule has 0 aliphatic carbocycles. The zero-order valence-electron chi connectivity index (χ0n) is 8.03. The summed E-state index contributed by atoms with van der Waals surface area (Å²) in [5.74, 6) is -0.774. The lowest BCUT2D eigenvalue weighted by molar-refractivity contribution is -0.148. The van der Waals surface area contributed by atoms with Gasteiger partial charge in [0.05, 0.1) is 16.4 Å². The van der Waals surface area contributed by atoms with Gasteiger partial charge in [-0.15, -0.1) is 11.3 Å². The van der Waals surface area contributed by atoms with Gasteiger partial charge in [0.25, 0.3) is 0 Å². The third kappa shape index (κ3) is 2.17. The van der Waals surface area contributed by atoms with Crippen molar-refractivity contribution in [2.75, 3.05) is 13.2 Å². The molecule has 0 spiro atoms. The second kappa shape index (κ2) is 4.12. The lowest BCUT2D eigenvalue weighted by atomic mass is 9.83. The average molecular weight is 247 g/mol. The van der Waals surface area contributed by atoms with Crippen LogP contribution in [0.15, 0.2) is 12.1 Å². The van der Waals surface area contributed by atoms with Crippen molar-refractivity contribution < 1.29 is 14.6 Å². The van der Waals surface area contributed by atoms with Crippen LogP contribution in [-0.2, 0) is 16.0 Å². The van der Waals surface area contributed by atoms with Gasteiger partial charge in [0.2, 0.25) is 0 Å². The van der Waals surface area contributed by atoms with Crippen molar-refractivity contribution >= 4 is 28.9 Å². The molecular formula is C10H11ClO3S. The van der Waals surface area contributed by atoms with E-state index in [1.54, 1.807) is 6.07 Å². The van der Waals surface area contributed by atoms with Gasteiger partial charge in [-0.2, -0.15) is 0 Å². The SMILES string of the molecule is O=C(O)C1(Cc2ccc(Cl)s2)CCOC1. The highest BCUT2D eigenvalue weighted by Crippen LogP contribution is 2.35. The summed E-state index contributed by atoms with van der Waals surface area (Å²) in [6.07, 6.45) is 1.09. The number of ether oxygens (including phenoxy) is 1. The molecule has 1 aliphatic heterocycles. The molecular weight excluding hydrogens is 236 g/mol. The molecule has 1 saturated heterocycles. The summed E-state index contributed by atoms with van der Waals surface area (Å²) in [5, 5.41) is 9.22. The van der Waals surface area contributed by atoms with Crippen molar-refractivity contribution in [1.29, 1.82) is 0 Å². The van der Waals surface area contributed by atoms with E-state index in [-0.39, 0.29) is 0 Å². The monoisotopic (exact) mass is 246 g/mol. The van der Waals surface area contributed by atoms with E-state index in [2.05, 4.69) is 0 Å². The fourth-order valence-corrected chi connectivity index (χ4v) is 3.00. The van der Waals surface area contributed by atoms with Crippen LogP contribution >= 0.6 is 22.9 Å². The number of hydrogen-bond donors (Lipinski definition) is 1. The van der Waals surface area contributed by atoms with Crippen molar-refractivity contribution in [2.24, 2.45) is 5.41 Å². The van der Waals surface area contributed by atoms with Gasteiger partial charge in [-0.1, -0.05) is 11.6 Å². The minimum absolute atomic E-state index is 0.303. The van der Waals surface area contributed by atoms with E-state index in [0.29, 0.717) is 30.4 Å². The third-order valence-corrected chi connectivity index (χ3v) is 3.93. The normalized spacial score (nSPS) is 25.7. The highest BCUT2D eigenvalue weighted by molar-refractivity contribution is 7.16. The number of carbonyl (C=O) groups is 1. The van der Waals surface area contributed by atoms with Crippen LogP contribution in [0.2, 0.25) is 4.34 Å². The summed E-state index contributed by atoms with van der Waals surface area (Å²) in [5.41, 5.74) is -0.742. The molecule has 1 aromatic rings. The van der Waals surface area contributed by atoms with Crippen molar-refractivity contribution in [2.45, 2.75) is 12.8 Å². The van der Waals surface area contributed by atoms with E-state index in [9.17, 15) is 9.90 Å². The van der Waals surface area contributed by atoms with Crippen molar-refractivity contribution in [3.05, 3.63) is 21.3 Å². The summed E-state index contributed by atoms with van der Waals surface area (Å²) in [6, 6.07) is 3.68. The lowest BCUT2D eigenvalue weighted by Crippen LogP contribution is -2.33. The fraction of sp³-hybridized carbons (Fsp3) is 0.500. The molecule has 0 radical (unpaired) electrons. The number of hydrogen-bond acceptors (Lipinski definition) is 3. The van der Waals surface area contributed by atoms with E-state index >= 15 is 0 Å². The van der Waals surface area contributed by atoms with Gasteiger partial charge in [0.15, 0.2) is 0 Å². The lowest BCUT2D eigenvalue weighted by Gasteiger charge is -2.20. The second-order valence-corrected chi connectivity index (χ2v) is 5.57. The van der Waals surface area contributed by atoms with Gasteiger partial charge in [-0.3, -0.25) is 4.79 Å². The Morgan fingerprint density at radius 3 is 2.93 bits per heavy atom. The highest BCUT2D eigenvalue weighted by atomic mass is 35.5. The van der Waals surface area contributed by atoms with Crippen molar-refractivity contribution in [3.8, 4) is 0 Å². The molecule has 0 saturated carbocycles. The standard InChI is InChI=1S/C10H11ClO3S/c11-8-2-1-7(15-8)5-10(9(12)13)3-4-14-6-10/h1-2H,3-6H2,(H,12,13). The molecule has 15 heavy (non-hydrogen) atoms. The van der Waals surface area contributed by atoms with Gasteiger partial charge in [0.1, 0.15) is 0 Å². The number of carboxylic acids is 1. The fourth-order valence-electron chi connectivity index (χ4n) is 1.77. The Kier molecular flexibility index (Phi) is 3.00.